The molecule has 1 fully saturated rings. The number of hydrogen-bond donors (Lipinski definition) is 1. The van der Waals surface area contributed by atoms with Gasteiger partial charge in [-0.05, 0) is 23.8 Å². The molecule has 0 spiro atoms. The molecule has 104 valence electrons. The summed E-state index contributed by atoms with van der Waals surface area (Å²) in [5.74, 6) is -0.373. The fourth-order valence-electron chi connectivity index (χ4n) is 2.65. The van der Waals surface area contributed by atoms with Gasteiger partial charge < -0.3 is 10.2 Å². The van der Waals surface area contributed by atoms with E-state index < -0.39 is 0 Å². The van der Waals surface area contributed by atoms with Gasteiger partial charge in [-0.2, -0.15) is 0 Å². The van der Waals surface area contributed by atoms with Gasteiger partial charge in [0.25, 0.3) is 0 Å². The van der Waals surface area contributed by atoms with Crippen LogP contribution in [0, 0.1) is 5.82 Å². The van der Waals surface area contributed by atoms with Gasteiger partial charge in [0.2, 0.25) is 0 Å². The van der Waals surface area contributed by atoms with Gasteiger partial charge >= 0.3 is 0 Å². The number of benzene rings is 2. The lowest BCUT2D eigenvalue weighted by atomic mass is 10.0. The molecule has 3 rings (SSSR count). The quantitative estimate of drug-likeness (QED) is 0.908. The molecule has 1 aliphatic rings. The van der Waals surface area contributed by atoms with Crippen LogP contribution in [0.15, 0.2) is 48.5 Å². The molecule has 1 saturated heterocycles. The highest BCUT2D eigenvalue weighted by Crippen LogP contribution is 2.30. The van der Waals surface area contributed by atoms with Crippen LogP contribution in [0.3, 0.4) is 0 Å². The van der Waals surface area contributed by atoms with E-state index in [1.54, 1.807) is 12.1 Å². The van der Waals surface area contributed by atoms with E-state index in [2.05, 4.69) is 22.3 Å². The predicted octanol–water partition coefficient (Wildman–Crippen LogP) is 3.63. The normalized spacial score (nSPS) is 19.1. The maximum atomic E-state index is 13.3. The fourth-order valence-corrected chi connectivity index (χ4v) is 2.82. The molecule has 1 aliphatic heterocycles. The Bertz CT molecular complexity index is 588. The van der Waals surface area contributed by atoms with Crippen LogP contribution in [0.5, 0.6) is 0 Å². The second kappa shape index (κ2) is 5.81. The van der Waals surface area contributed by atoms with Crippen LogP contribution in [0.25, 0.3) is 0 Å². The molecule has 1 unspecified atom stereocenters. The molecule has 2 aromatic carbocycles. The molecule has 0 saturated carbocycles. The van der Waals surface area contributed by atoms with Crippen molar-refractivity contribution in [3.63, 3.8) is 0 Å². The number of rotatable bonds is 2. The largest absolute Gasteiger partial charge is 0.362 e. The Labute approximate surface area is 123 Å². The van der Waals surface area contributed by atoms with E-state index in [0.29, 0.717) is 0 Å². The average Bonchev–Trinajstić information content (AvgIpc) is 2.51. The van der Waals surface area contributed by atoms with E-state index in [1.807, 2.05) is 18.2 Å². The van der Waals surface area contributed by atoms with Crippen molar-refractivity contribution in [1.29, 1.82) is 0 Å². The minimum Gasteiger partial charge on any atom is -0.362 e. The molecular formula is C16H16ClFN2. The van der Waals surface area contributed by atoms with Gasteiger partial charge in [-0.1, -0.05) is 41.9 Å². The van der Waals surface area contributed by atoms with Crippen molar-refractivity contribution in [2.45, 2.75) is 6.04 Å². The summed E-state index contributed by atoms with van der Waals surface area (Å²) in [6.45, 7) is 2.67. The van der Waals surface area contributed by atoms with Crippen molar-refractivity contribution in [2.75, 3.05) is 24.5 Å². The van der Waals surface area contributed by atoms with E-state index in [-0.39, 0.29) is 16.9 Å². The van der Waals surface area contributed by atoms with Crippen LogP contribution < -0.4 is 10.2 Å². The maximum Gasteiger partial charge on any atom is 0.141 e. The summed E-state index contributed by atoms with van der Waals surface area (Å²) in [4.78, 5) is 2.27. The minimum atomic E-state index is -0.373. The molecule has 0 aliphatic carbocycles. The van der Waals surface area contributed by atoms with Crippen LogP contribution in [-0.4, -0.2) is 19.6 Å². The Morgan fingerprint density at radius 3 is 2.70 bits per heavy atom. The zero-order chi connectivity index (χ0) is 13.9. The summed E-state index contributed by atoms with van der Waals surface area (Å²) in [7, 11) is 0. The van der Waals surface area contributed by atoms with E-state index in [9.17, 15) is 4.39 Å². The van der Waals surface area contributed by atoms with E-state index in [0.717, 1.165) is 25.3 Å². The summed E-state index contributed by atoms with van der Waals surface area (Å²) in [6.07, 6.45) is 0. The Balaban J connectivity index is 1.94. The topological polar surface area (TPSA) is 15.3 Å². The molecule has 1 atom stereocenters. The molecule has 0 radical (unpaired) electrons. The van der Waals surface area contributed by atoms with Gasteiger partial charge in [0.1, 0.15) is 5.82 Å². The second-order valence-corrected chi connectivity index (χ2v) is 5.33. The van der Waals surface area contributed by atoms with Crippen molar-refractivity contribution < 1.29 is 4.39 Å². The lowest BCUT2D eigenvalue weighted by Crippen LogP contribution is -2.46. The molecule has 1 N–H and O–H groups in total. The third-order valence-electron chi connectivity index (χ3n) is 3.66. The Hall–Kier alpha value is -1.58. The predicted molar refractivity (Wildman–Crippen MR) is 80.8 cm³/mol. The lowest BCUT2D eigenvalue weighted by molar-refractivity contribution is 0.489. The lowest BCUT2D eigenvalue weighted by Gasteiger charge is -2.38. The van der Waals surface area contributed by atoms with Gasteiger partial charge in [0.05, 0.1) is 11.1 Å². The summed E-state index contributed by atoms with van der Waals surface area (Å²) in [5, 5.41) is 3.58. The monoisotopic (exact) mass is 290 g/mol. The van der Waals surface area contributed by atoms with Gasteiger partial charge in [0.15, 0.2) is 0 Å². The fraction of sp³-hybridized carbons (Fsp3) is 0.250. The van der Waals surface area contributed by atoms with Crippen LogP contribution in [0.4, 0.5) is 10.1 Å². The maximum absolute atomic E-state index is 13.3. The third kappa shape index (κ3) is 2.65. The summed E-state index contributed by atoms with van der Waals surface area (Å²) in [5.41, 5.74) is 2.21. The van der Waals surface area contributed by atoms with Crippen LogP contribution >= 0.6 is 11.6 Å². The molecular weight excluding hydrogens is 275 g/mol. The van der Waals surface area contributed by atoms with Crippen molar-refractivity contribution in [2.24, 2.45) is 0 Å². The highest BCUT2D eigenvalue weighted by Gasteiger charge is 2.24. The Morgan fingerprint density at radius 2 is 1.95 bits per heavy atom. The number of anilines is 1. The molecule has 4 heteroatoms. The van der Waals surface area contributed by atoms with Gasteiger partial charge in [-0.25, -0.2) is 4.39 Å². The molecule has 2 nitrogen and oxygen atoms in total. The van der Waals surface area contributed by atoms with Crippen LogP contribution in [-0.2, 0) is 0 Å². The van der Waals surface area contributed by atoms with Crippen LogP contribution in [0.2, 0.25) is 5.02 Å². The number of piperazine rings is 1. The molecule has 0 aromatic heterocycles. The summed E-state index contributed by atoms with van der Waals surface area (Å²) in [6, 6.07) is 15.5. The first-order valence-electron chi connectivity index (χ1n) is 6.73. The minimum absolute atomic E-state index is 0.174. The highest BCUT2D eigenvalue weighted by atomic mass is 35.5. The van der Waals surface area contributed by atoms with E-state index >= 15 is 0 Å². The molecule has 0 amide bonds. The van der Waals surface area contributed by atoms with E-state index in [4.69, 9.17) is 11.6 Å². The first kappa shape index (κ1) is 13.4. The molecule has 0 bridgehead atoms. The zero-order valence-corrected chi connectivity index (χ0v) is 11.8. The Kier molecular flexibility index (Phi) is 3.90. The molecule has 2 aromatic rings. The number of hydrogen-bond acceptors (Lipinski definition) is 2. The SMILES string of the molecule is Fc1ccc(N2CCNCC2c2ccccc2)cc1Cl. The number of halogens is 2. The highest BCUT2D eigenvalue weighted by molar-refractivity contribution is 6.31. The zero-order valence-electron chi connectivity index (χ0n) is 11.0. The van der Waals surface area contributed by atoms with Gasteiger partial charge in [-0.3, -0.25) is 0 Å². The number of nitrogens with one attached hydrogen (secondary N) is 1. The molecule has 20 heavy (non-hydrogen) atoms. The average molecular weight is 291 g/mol. The van der Waals surface area contributed by atoms with Crippen molar-refractivity contribution in [3.8, 4) is 0 Å². The van der Waals surface area contributed by atoms with Crippen molar-refractivity contribution >= 4 is 17.3 Å². The first-order chi connectivity index (χ1) is 9.75. The van der Waals surface area contributed by atoms with Crippen molar-refractivity contribution in [1.82, 2.24) is 5.32 Å². The Morgan fingerprint density at radius 1 is 1.15 bits per heavy atom. The van der Waals surface area contributed by atoms with Gasteiger partial charge in [0, 0.05) is 25.3 Å². The van der Waals surface area contributed by atoms with E-state index in [1.165, 1.54) is 11.6 Å². The summed E-state index contributed by atoms with van der Waals surface area (Å²) >= 11 is 5.91. The van der Waals surface area contributed by atoms with Crippen LogP contribution in [0.1, 0.15) is 11.6 Å². The standard InChI is InChI=1S/C16H16ClFN2/c17-14-10-13(6-7-15(14)18)20-9-8-19-11-16(20)12-4-2-1-3-5-12/h1-7,10,16,19H,8-9,11H2. The number of nitrogens with zero attached hydrogens (tertiary/aromatic N) is 1. The second-order valence-electron chi connectivity index (χ2n) is 4.92. The first-order valence-corrected chi connectivity index (χ1v) is 7.11. The third-order valence-corrected chi connectivity index (χ3v) is 3.95. The smallest absolute Gasteiger partial charge is 0.141 e. The molecule has 1 heterocycles. The summed E-state index contributed by atoms with van der Waals surface area (Å²) < 4.78 is 13.3. The van der Waals surface area contributed by atoms with Crippen molar-refractivity contribution in [3.05, 3.63) is 64.9 Å². The van der Waals surface area contributed by atoms with Gasteiger partial charge in [-0.15, -0.1) is 0 Å².